The molecule has 1 fully saturated rings. The number of methoxy groups -OCH3 is 1. The maximum absolute atomic E-state index is 12.6. The summed E-state index contributed by atoms with van der Waals surface area (Å²) < 4.78 is 30.5. The average molecular weight is 321 g/mol. The van der Waals surface area contributed by atoms with Crippen molar-refractivity contribution in [2.45, 2.75) is 24.5 Å². The van der Waals surface area contributed by atoms with Crippen LogP contribution in [0.25, 0.3) is 0 Å². The summed E-state index contributed by atoms with van der Waals surface area (Å²) in [4.78, 5) is 12.6. The van der Waals surface area contributed by atoms with Crippen molar-refractivity contribution in [1.29, 1.82) is 0 Å². The van der Waals surface area contributed by atoms with Crippen molar-refractivity contribution in [1.82, 2.24) is 5.16 Å². The molecule has 1 heterocycles. The summed E-state index contributed by atoms with van der Waals surface area (Å²) in [5.74, 6) is 1.10. The van der Waals surface area contributed by atoms with Gasteiger partial charge in [-0.1, -0.05) is 5.16 Å². The summed E-state index contributed by atoms with van der Waals surface area (Å²) >= 11 is -2.01. The summed E-state index contributed by atoms with van der Waals surface area (Å²) in [5.41, 5.74) is 1.40. The summed E-state index contributed by atoms with van der Waals surface area (Å²) in [7, 11) is 1.48. The zero-order valence-electron chi connectivity index (χ0n) is 11.9. The van der Waals surface area contributed by atoms with E-state index in [1.165, 1.54) is 13.3 Å². The van der Waals surface area contributed by atoms with Gasteiger partial charge in [-0.3, -0.25) is 4.79 Å². The molecule has 0 spiro atoms. The van der Waals surface area contributed by atoms with Gasteiger partial charge in [0, 0.05) is 17.0 Å². The Hall–Kier alpha value is -1.99. The second kappa shape index (κ2) is 6.02. The molecule has 0 radical (unpaired) electrons. The molecular formula is C15H15NO5S. The van der Waals surface area contributed by atoms with Gasteiger partial charge in [0.15, 0.2) is 22.6 Å². The first kappa shape index (κ1) is 14.9. The van der Waals surface area contributed by atoms with Crippen molar-refractivity contribution < 1.29 is 22.8 Å². The van der Waals surface area contributed by atoms with Gasteiger partial charge in [-0.25, -0.2) is 4.21 Å². The Balaban J connectivity index is 1.95. The molecule has 3 rings (SSSR count). The molecule has 0 saturated heterocycles. The van der Waals surface area contributed by atoms with Crippen LogP contribution in [0.2, 0.25) is 0 Å². The first-order chi connectivity index (χ1) is 10.6. The van der Waals surface area contributed by atoms with E-state index in [0.717, 1.165) is 12.8 Å². The van der Waals surface area contributed by atoms with Crippen LogP contribution in [-0.4, -0.2) is 26.8 Å². The van der Waals surface area contributed by atoms with E-state index in [1.54, 1.807) is 18.2 Å². The smallest absolute Gasteiger partial charge is 0.198 e. The zero-order chi connectivity index (χ0) is 15.7. The maximum atomic E-state index is 12.6. The van der Waals surface area contributed by atoms with Gasteiger partial charge in [-0.05, 0) is 31.0 Å². The van der Waals surface area contributed by atoms with Gasteiger partial charge < -0.3 is 13.8 Å². The summed E-state index contributed by atoms with van der Waals surface area (Å²) in [5, 5.41) is 3.73. The lowest BCUT2D eigenvalue weighted by Crippen LogP contribution is -2.05. The molecule has 1 aliphatic carbocycles. The van der Waals surface area contributed by atoms with Crippen LogP contribution in [0.5, 0.6) is 5.75 Å². The fourth-order valence-electron chi connectivity index (χ4n) is 2.38. The van der Waals surface area contributed by atoms with Crippen LogP contribution < -0.4 is 4.74 Å². The fraction of sp³-hybridized carbons (Fsp3) is 0.333. The van der Waals surface area contributed by atoms with Crippen LogP contribution in [0.3, 0.4) is 0 Å². The molecule has 7 heteroatoms. The quantitative estimate of drug-likeness (QED) is 0.649. The minimum atomic E-state index is -2.01. The Morgan fingerprint density at radius 3 is 2.91 bits per heavy atom. The molecule has 6 nitrogen and oxygen atoms in total. The molecule has 116 valence electrons. The van der Waals surface area contributed by atoms with Crippen LogP contribution >= 0.6 is 0 Å². The van der Waals surface area contributed by atoms with Crippen molar-refractivity contribution in [3.05, 3.63) is 46.8 Å². The Kier molecular flexibility index (Phi) is 4.08. The van der Waals surface area contributed by atoms with E-state index in [0.29, 0.717) is 28.2 Å². The Labute approximate surface area is 129 Å². The van der Waals surface area contributed by atoms with Gasteiger partial charge in [0.2, 0.25) is 0 Å². The third kappa shape index (κ3) is 2.95. The Morgan fingerprint density at radius 1 is 1.50 bits per heavy atom. The third-order valence-electron chi connectivity index (χ3n) is 3.61. The van der Waals surface area contributed by atoms with E-state index < -0.39 is 11.1 Å². The SMILES string of the molecule is COc1ccc(C(=O)c2cnoc2C2CC2)cc1CS(=O)O. The van der Waals surface area contributed by atoms with Crippen molar-refractivity contribution in [2.75, 3.05) is 7.11 Å². The molecule has 1 unspecified atom stereocenters. The molecule has 1 atom stereocenters. The third-order valence-corrected chi connectivity index (χ3v) is 4.17. The van der Waals surface area contributed by atoms with Crippen LogP contribution in [0, 0.1) is 0 Å². The van der Waals surface area contributed by atoms with E-state index in [2.05, 4.69) is 5.16 Å². The molecule has 0 bridgehead atoms. The molecule has 0 aliphatic heterocycles. The highest BCUT2D eigenvalue weighted by Gasteiger charge is 2.32. The van der Waals surface area contributed by atoms with Crippen LogP contribution in [0.15, 0.2) is 28.9 Å². The largest absolute Gasteiger partial charge is 0.496 e. The number of hydrogen-bond donors (Lipinski definition) is 1. The molecule has 1 aromatic heterocycles. The second-order valence-corrected chi connectivity index (χ2v) is 6.13. The highest BCUT2D eigenvalue weighted by Crippen LogP contribution is 2.42. The first-order valence-electron chi connectivity index (χ1n) is 6.83. The molecule has 22 heavy (non-hydrogen) atoms. The van der Waals surface area contributed by atoms with Crippen LogP contribution in [0.1, 0.15) is 46.0 Å². The van der Waals surface area contributed by atoms with E-state index >= 15 is 0 Å². The molecular weight excluding hydrogens is 306 g/mol. The number of rotatable bonds is 6. The van der Waals surface area contributed by atoms with Gasteiger partial charge in [-0.15, -0.1) is 0 Å². The number of nitrogens with zero attached hydrogens (tertiary/aromatic N) is 1. The zero-order valence-corrected chi connectivity index (χ0v) is 12.8. The molecule has 1 aliphatic rings. The van der Waals surface area contributed by atoms with Gasteiger partial charge in [0.25, 0.3) is 0 Å². The van der Waals surface area contributed by atoms with Crippen molar-refractivity contribution >= 4 is 16.9 Å². The van der Waals surface area contributed by atoms with Crippen molar-refractivity contribution in [3.8, 4) is 5.75 Å². The number of ketones is 1. The lowest BCUT2D eigenvalue weighted by Gasteiger charge is -2.09. The van der Waals surface area contributed by atoms with E-state index in [4.69, 9.17) is 13.8 Å². The standard InChI is InChI=1S/C15H15NO5S/c1-20-13-5-4-10(6-11(13)8-22(18)19)14(17)12-7-16-21-15(12)9-2-3-9/h4-7,9H,2-3,8H2,1H3,(H,18,19). The topological polar surface area (TPSA) is 89.6 Å². The van der Waals surface area contributed by atoms with Crippen LogP contribution in [0.4, 0.5) is 0 Å². The van der Waals surface area contributed by atoms with Crippen molar-refractivity contribution in [3.63, 3.8) is 0 Å². The molecule has 0 amide bonds. The predicted molar refractivity (Wildman–Crippen MR) is 79.4 cm³/mol. The second-order valence-electron chi connectivity index (χ2n) is 5.20. The maximum Gasteiger partial charge on any atom is 0.198 e. The molecule has 2 aromatic rings. The monoisotopic (exact) mass is 321 g/mol. The first-order valence-corrected chi connectivity index (χ1v) is 8.11. The average Bonchev–Trinajstić information content (AvgIpc) is 3.23. The van der Waals surface area contributed by atoms with Gasteiger partial charge >= 0.3 is 0 Å². The van der Waals surface area contributed by atoms with Gasteiger partial charge in [0.1, 0.15) is 5.75 Å². The number of ether oxygens (including phenoxy) is 1. The van der Waals surface area contributed by atoms with Crippen LogP contribution in [-0.2, 0) is 16.8 Å². The number of carbonyl (C=O) groups excluding carboxylic acids is 1. The normalized spacial score (nSPS) is 15.5. The lowest BCUT2D eigenvalue weighted by atomic mass is 10.0. The van der Waals surface area contributed by atoms with E-state index in [9.17, 15) is 9.00 Å². The number of hydrogen-bond acceptors (Lipinski definition) is 5. The number of aromatic nitrogens is 1. The minimum Gasteiger partial charge on any atom is -0.496 e. The van der Waals surface area contributed by atoms with E-state index in [1.807, 2.05) is 0 Å². The molecule has 1 N–H and O–H groups in total. The fourth-order valence-corrected chi connectivity index (χ4v) is 2.87. The predicted octanol–water partition coefficient (Wildman–Crippen LogP) is 2.51. The molecule has 1 saturated carbocycles. The minimum absolute atomic E-state index is 0.0938. The number of benzene rings is 1. The Bertz CT molecular complexity index is 735. The van der Waals surface area contributed by atoms with E-state index in [-0.39, 0.29) is 17.5 Å². The Morgan fingerprint density at radius 2 is 2.27 bits per heavy atom. The summed E-state index contributed by atoms with van der Waals surface area (Å²) in [6.07, 6.45) is 3.45. The molecule has 1 aromatic carbocycles. The van der Waals surface area contributed by atoms with Gasteiger partial charge in [-0.2, -0.15) is 0 Å². The summed E-state index contributed by atoms with van der Waals surface area (Å²) in [6.45, 7) is 0. The van der Waals surface area contributed by atoms with Crippen molar-refractivity contribution in [2.24, 2.45) is 0 Å². The lowest BCUT2D eigenvalue weighted by molar-refractivity contribution is 0.103. The number of carbonyl (C=O) groups is 1. The highest BCUT2D eigenvalue weighted by molar-refractivity contribution is 7.78. The van der Waals surface area contributed by atoms with Gasteiger partial charge in [0.05, 0.1) is 24.6 Å². The highest BCUT2D eigenvalue weighted by atomic mass is 32.2. The summed E-state index contributed by atoms with van der Waals surface area (Å²) in [6, 6.07) is 4.84.